The molecule has 1 heterocycles. The van der Waals surface area contributed by atoms with Gasteiger partial charge in [-0.3, -0.25) is 0 Å². The molecule has 1 aromatic heterocycles. The molecule has 0 aliphatic rings. The van der Waals surface area contributed by atoms with E-state index >= 15 is 0 Å². The summed E-state index contributed by atoms with van der Waals surface area (Å²) in [5.41, 5.74) is 4.92. The second kappa shape index (κ2) is 3.41. The average molecular weight is 193 g/mol. The van der Waals surface area contributed by atoms with Crippen LogP contribution in [0.25, 0.3) is 0 Å². The smallest absolute Gasteiger partial charge is 0.410 e. The molecule has 0 aliphatic carbocycles. The maximum atomic E-state index is 12.1. The first-order chi connectivity index (χ1) is 5.95. The molecule has 13 heavy (non-hydrogen) atoms. The zero-order chi connectivity index (χ0) is 10.1. The van der Waals surface area contributed by atoms with Crippen molar-refractivity contribution in [3.63, 3.8) is 0 Å². The van der Waals surface area contributed by atoms with Crippen molar-refractivity contribution in [3.8, 4) is 0 Å². The first-order valence-electron chi connectivity index (χ1n) is 3.86. The molecular weight excluding hydrogens is 183 g/mol. The van der Waals surface area contributed by atoms with Crippen LogP contribution in [0.5, 0.6) is 0 Å². The van der Waals surface area contributed by atoms with Gasteiger partial charge in [0.2, 0.25) is 0 Å². The van der Waals surface area contributed by atoms with Crippen molar-refractivity contribution in [2.45, 2.75) is 25.6 Å². The van der Waals surface area contributed by atoms with Crippen LogP contribution in [0.3, 0.4) is 0 Å². The van der Waals surface area contributed by atoms with E-state index in [4.69, 9.17) is 10.2 Å². The number of aryl methyl sites for hydroxylation is 1. The second-order valence-corrected chi connectivity index (χ2v) is 2.68. The van der Waals surface area contributed by atoms with Gasteiger partial charge < -0.3 is 10.2 Å². The quantitative estimate of drug-likeness (QED) is 0.783. The molecule has 0 spiro atoms. The molecule has 0 amide bonds. The molecule has 0 unspecified atom stereocenters. The standard InChI is InChI=1S/C8H10F3NO/c1-2-5-3-4-6(13-5)7(12)8(9,10)11/h3-4,7H,2,12H2,1H3/t7-/m0/s1. The van der Waals surface area contributed by atoms with Gasteiger partial charge in [-0.1, -0.05) is 6.92 Å². The fourth-order valence-corrected chi connectivity index (χ4v) is 0.913. The highest BCUT2D eigenvalue weighted by Crippen LogP contribution is 2.31. The molecule has 2 nitrogen and oxygen atoms in total. The summed E-state index contributed by atoms with van der Waals surface area (Å²) >= 11 is 0. The predicted octanol–water partition coefficient (Wildman–Crippen LogP) is 2.40. The van der Waals surface area contributed by atoms with Crippen LogP contribution >= 0.6 is 0 Å². The predicted molar refractivity (Wildman–Crippen MR) is 41.1 cm³/mol. The maximum Gasteiger partial charge on any atom is 0.410 e. The molecule has 1 rings (SSSR count). The summed E-state index contributed by atoms with van der Waals surface area (Å²) in [4.78, 5) is 0. The Bertz CT molecular complexity index is 279. The molecule has 5 heteroatoms. The molecule has 0 radical (unpaired) electrons. The molecule has 0 fully saturated rings. The minimum Gasteiger partial charge on any atom is -0.464 e. The molecule has 0 bridgehead atoms. The summed E-state index contributed by atoms with van der Waals surface area (Å²) in [6.45, 7) is 1.79. The van der Waals surface area contributed by atoms with E-state index in [-0.39, 0.29) is 5.76 Å². The van der Waals surface area contributed by atoms with Gasteiger partial charge in [0.1, 0.15) is 11.5 Å². The van der Waals surface area contributed by atoms with Crippen molar-refractivity contribution in [1.29, 1.82) is 0 Å². The van der Waals surface area contributed by atoms with Gasteiger partial charge in [-0.15, -0.1) is 0 Å². The van der Waals surface area contributed by atoms with Gasteiger partial charge in [0.15, 0.2) is 6.04 Å². The van der Waals surface area contributed by atoms with E-state index in [9.17, 15) is 13.2 Å². The molecule has 1 atom stereocenters. The first-order valence-corrected chi connectivity index (χ1v) is 3.86. The minimum absolute atomic E-state index is 0.232. The molecular formula is C8H10F3NO. The number of nitrogens with two attached hydrogens (primary N) is 1. The summed E-state index contributed by atoms with van der Waals surface area (Å²) in [6.07, 6.45) is -3.88. The van der Waals surface area contributed by atoms with Gasteiger partial charge in [0.25, 0.3) is 0 Å². The lowest BCUT2D eigenvalue weighted by molar-refractivity contribution is -0.152. The van der Waals surface area contributed by atoms with Gasteiger partial charge in [-0.05, 0) is 12.1 Å². The number of rotatable bonds is 2. The zero-order valence-electron chi connectivity index (χ0n) is 7.06. The van der Waals surface area contributed by atoms with Crippen LogP contribution in [0.1, 0.15) is 24.5 Å². The number of alkyl halides is 3. The molecule has 0 saturated carbocycles. The largest absolute Gasteiger partial charge is 0.464 e. The van der Waals surface area contributed by atoms with Gasteiger partial charge in [0.05, 0.1) is 0 Å². The summed E-state index contributed by atoms with van der Waals surface area (Å²) in [6, 6.07) is 0.741. The summed E-state index contributed by atoms with van der Waals surface area (Å²) in [5.74, 6) is 0.277. The van der Waals surface area contributed by atoms with Crippen molar-refractivity contribution in [2.75, 3.05) is 0 Å². The Morgan fingerprint density at radius 1 is 1.46 bits per heavy atom. The van der Waals surface area contributed by atoms with Gasteiger partial charge in [-0.25, -0.2) is 0 Å². The highest BCUT2D eigenvalue weighted by atomic mass is 19.4. The van der Waals surface area contributed by atoms with Gasteiger partial charge >= 0.3 is 6.18 Å². The van der Waals surface area contributed by atoms with Gasteiger partial charge in [0, 0.05) is 6.42 Å². The SMILES string of the molecule is CCc1ccc([C@H](N)C(F)(F)F)o1. The van der Waals surface area contributed by atoms with Crippen molar-refractivity contribution < 1.29 is 17.6 Å². The summed E-state index contributed by atoms with van der Waals surface area (Å²) in [5, 5.41) is 0. The van der Waals surface area contributed by atoms with Crippen LogP contribution < -0.4 is 5.73 Å². The third-order valence-electron chi connectivity index (χ3n) is 1.69. The van der Waals surface area contributed by atoms with Crippen LogP contribution in [-0.2, 0) is 6.42 Å². The lowest BCUT2D eigenvalue weighted by Crippen LogP contribution is -2.27. The normalized spacial score (nSPS) is 14.5. The van der Waals surface area contributed by atoms with Crippen molar-refractivity contribution >= 4 is 0 Å². The highest BCUT2D eigenvalue weighted by molar-refractivity contribution is 5.11. The summed E-state index contributed by atoms with van der Waals surface area (Å²) < 4.78 is 41.1. The van der Waals surface area contributed by atoms with Gasteiger partial charge in [-0.2, -0.15) is 13.2 Å². The number of hydrogen-bond donors (Lipinski definition) is 1. The van der Waals surface area contributed by atoms with Crippen LogP contribution in [-0.4, -0.2) is 6.18 Å². The van der Waals surface area contributed by atoms with E-state index < -0.39 is 12.2 Å². The van der Waals surface area contributed by atoms with E-state index in [1.54, 1.807) is 6.92 Å². The van der Waals surface area contributed by atoms with E-state index in [0.29, 0.717) is 12.2 Å². The monoisotopic (exact) mass is 193 g/mol. The third-order valence-corrected chi connectivity index (χ3v) is 1.69. The molecule has 0 saturated heterocycles. The van der Waals surface area contributed by atoms with Crippen molar-refractivity contribution in [3.05, 3.63) is 23.7 Å². The average Bonchev–Trinajstić information content (AvgIpc) is 2.48. The first kappa shape index (κ1) is 10.1. The number of halogens is 3. The Morgan fingerprint density at radius 3 is 2.46 bits per heavy atom. The summed E-state index contributed by atoms with van der Waals surface area (Å²) in [7, 11) is 0. The maximum absolute atomic E-state index is 12.1. The van der Waals surface area contributed by atoms with Crippen LogP contribution in [0.2, 0.25) is 0 Å². The molecule has 0 aromatic carbocycles. The van der Waals surface area contributed by atoms with Crippen LogP contribution in [0, 0.1) is 0 Å². The lowest BCUT2D eigenvalue weighted by atomic mass is 10.2. The minimum atomic E-state index is -4.44. The Kier molecular flexibility index (Phi) is 2.66. The lowest BCUT2D eigenvalue weighted by Gasteiger charge is -2.12. The van der Waals surface area contributed by atoms with Crippen LogP contribution in [0.15, 0.2) is 16.5 Å². The van der Waals surface area contributed by atoms with E-state index in [0.717, 1.165) is 0 Å². The molecule has 1 aromatic rings. The second-order valence-electron chi connectivity index (χ2n) is 2.68. The topological polar surface area (TPSA) is 39.2 Å². The Hall–Kier alpha value is -0.970. The van der Waals surface area contributed by atoms with E-state index in [2.05, 4.69) is 0 Å². The Morgan fingerprint density at radius 2 is 2.08 bits per heavy atom. The third kappa shape index (κ3) is 2.24. The van der Waals surface area contributed by atoms with Crippen LogP contribution in [0.4, 0.5) is 13.2 Å². The highest BCUT2D eigenvalue weighted by Gasteiger charge is 2.39. The fraction of sp³-hybridized carbons (Fsp3) is 0.500. The molecule has 74 valence electrons. The fourth-order valence-electron chi connectivity index (χ4n) is 0.913. The molecule has 2 N–H and O–H groups in total. The van der Waals surface area contributed by atoms with Crippen molar-refractivity contribution in [1.82, 2.24) is 0 Å². The van der Waals surface area contributed by atoms with Crippen molar-refractivity contribution in [2.24, 2.45) is 5.73 Å². The van der Waals surface area contributed by atoms with E-state index in [1.807, 2.05) is 0 Å². The number of hydrogen-bond acceptors (Lipinski definition) is 2. The Balaban J connectivity index is 2.83. The zero-order valence-corrected chi connectivity index (χ0v) is 7.06. The molecule has 0 aliphatic heterocycles. The van der Waals surface area contributed by atoms with E-state index in [1.165, 1.54) is 12.1 Å². The Labute approximate surface area is 73.5 Å². The number of furan rings is 1.